The molecule has 0 spiro atoms. The van der Waals surface area contributed by atoms with Crippen LogP contribution in [0.5, 0.6) is 5.75 Å². The molecule has 0 radical (unpaired) electrons. The highest BCUT2D eigenvalue weighted by Gasteiger charge is 2.32. The number of hydrogen-bond donors (Lipinski definition) is 0. The summed E-state index contributed by atoms with van der Waals surface area (Å²) >= 11 is 0. The molecule has 1 amide bonds. The molecule has 1 aromatic rings. The van der Waals surface area contributed by atoms with E-state index in [-0.39, 0.29) is 24.1 Å². The van der Waals surface area contributed by atoms with Crippen LogP contribution in [0.25, 0.3) is 0 Å². The minimum Gasteiger partial charge on any atom is -0.448 e. The molecule has 2 aliphatic heterocycles. The van der Waals surface area contributed by atoms with Gasteiger partial charge in [0.2, 0.25) is 10.0 Å². The molecule has 3 rings (SSSR count). The highest BCUT2D eigenvalue weighted by Crippen LogP contribution is 2.25. The molecule has 1 aromatic carbocycles. The van der Waals surface area contributed by atoms with Gasteiger partial charge in [0.05, 0.1) is 11.4 Å². The van der Waals surface area contributed by atoms with Crippen molar-refractivity contribution >= 4 is 16.1 Å². The number of nitrogens with zero attached hydrogens (tertiary/aromatic N) is 3. The van der Waals surface area contributed by atoms with E-state index in [0.29, 0.717) is 39.3 Å². The second-order valence-corrected chi connectivity index (χ2v) is 8.30. The Hall–Kier alpha value is -2.05. The number of rotatable bonds is 6. The van der Waals surface area contributed by atoms with Crippen LogP contribution >= 0.6 is 0 Å². The van der Waals surface area contributed by atoms with E-state index in [1.165, 1.54) is 4.31 Å². The molecule has 2 heterocycles. The van der Waals surface area contributed by atoms with Crippen LogP contribution in [0, 0.1) is 0 Å². The summed E-state index contributed by atoms with van der Waals surface area (Å²) in [6.07, 6.45) is -5.16. The first-order valence-corrected chi connectivity index (χ1v) is 10.1. The van der Waals surface area contributed by atoms with Crippen molar-refractivity contribution in [3.63, 3.8) is 0 Å². The van der Waals surface area contributed by atoms with E-state index in [1.807, 2.05) is 0 Å². The van der Waals surface area contributed by atoms with Crippen LogP contribution in [-0.4, -0.2) is 87.4 Å². The highest BCUT2D eigenvalue weighted by molar-refractivity contribution is 7.89. The van der Waals surface area contributed by atoms with Gasteiger partial charge in [0.15, 0.2) is 0 Å². The number of cyclic esters (lactones) is 1. The Morgan fingerprint density at radius 2 is 1.64 bits per heavy atom. The zero-order chi connectivity index (χ0) is 20.4. The Bertz CT molecular complexity index is 793. The van der Waals surface area contributed by atoms with Gasteiger partial charge in [-0.05, 0) is 24.3 Å². The van der Waals surface area contributed by atoms with E-state index in [4.69, 9.17) is 4.74 Å². The van der Waals surface area contributed by atoms with Crippen LogP contribution < -0.4 is 4.74 Å². The first-order valence-electron chi connectivity index (χ1n) is 8.65. The van der Waals surface area contributed by atoms with Gasteiger partial charge >= 0.3 is 12.5 Å². The number of carbonyl (C=O) groups is 1. The van der Waals surface area contributed by atoms with Gasteiger partial charge in [-0.1, -0.05) is 0 Å². The summed E-state index contributed by atoms with van der Waals surface area (Å²) < 4.78 is 71.9. The molecule has 0 aromatic heterocycles. The fraction of sp³-hybridized carbons (Fsp3) is 0.562. The summed E-state index contributed by atoms with van der Waals surface area (Å²) in [6.45, 7) is 3.59. The number of sulfonamides is 1. The van der Waals surface area contributed by atoms with Crippen molar-refractivity contribution in [1.29, 1.82) is 0 Å². The third-order valence-electron chi connectivity index (χ3n) is 4.56. The predicted molar refractivity (Wildman–Crippen MR) is 91.2 cm³/mol. The SMILES string of the molecule is O=C1OCCN1CCN1CCN(S(=O)(=O)c2ccc(OC(F)(F)F)cc2)CC1. The number of hydrogen-bond acceptors (Lipinski definition) is 6. The predicted octanol–water partition coefficient (Wildman–Crippen LogP) is 1.34. The molecule has 12 heteroatoms. The first kappa shape index (κ1) is 20.7. The number of halogens is 3. The topological polar surface area (TPSA) is 79.4 Å². The van der Waals surface area contributed by atoms with Crippen LogP contribution in [0.3, 0.4) is 0 Å². The molecule has 2 saturated heterocycles. The number of piperazine rings is 1. The number of ether oxygens (including phenoxy) is 2. The fourth-order valence-corrected chi connectivity index (χ4v) is 4.47. The molecule has 0 saturated carbocycles. The van der Waals surface area contributed by atoms with E-state index in [9.17, 15) is 26.4 Å². The summed E-state index contributed by atoms with van der Waals surface area (Å²) in [4.78, 5) is 15.0. The maximum absolute atomic E-state index is 12.7. The van der Waals surface area contributed by atoms with Crippen molar-refractivity contribution in [2.24, 2.45) is 0 Å². The Morgan fingerprint density at radius 1 is 1.00 bits per heavy atom. The molecule has 2 fully saturated rings. The van der Waals surface area contributed by atoms with Gasteiger partial charge < -0.3 is 14.4 Å². The monoisotopic (exact) mass is 423 g/mol. The average molecular weight is 423 g/mol. The van der Waals surface area contributed by atoms with Crippen molar-refractivity contribution in [2.45, 2.75) is 11.3 Å². The molecule has 0 N–H and O–H groups in total. The smallest absolute Gasteiger partial charge is 0.448 e. The van der Waals surface area contributed by atoms with Gasteiger partial charge in [-0.25, -0.2) is 13.2 Å². The minimum absolute atomic E-state index is 0.0877. The van der Waals surface area contributed by atoms with Crippen LogP contribution in [0.1, 0.15) is 0 Å². The van der Waals surface area contributed by atoms with Gasteiger partial charge in [-0.2, -0.15) is 4.31 Å². The molecule has 8 nitrogen and oxygen atoms in total. The number of benzene rings is 1. The lowest BCUT2D eigenvalue weighted by atomic mass is 10.3. The molecule has 0 unspecified atom stereocenters. The third-order valence-corrected chi connectivity index (χ3v) is 6.47. The van der Waals surface area contributed by atoms with E-state index in [2.05, 4.69) is 9.64 Å². The summed E-state index contributed by atoms with van der Waals surface area (Å²) in [5.41, 5.74) is 0. The molecule has 2 aliphatic rings. The van der Waals surface area contributed by atoms with Gasteiger partial charge in [0, 0.05) is 39.3 Å². The Kier molecular flexibility index (Phi) is 6.01. The maximum Gasteiger partial charge on any atom is 0.573 e. The van der Waals surface area contributed by atoms with Crippen molar-refractivity contribution in [3.05, 3.63) is 24.3 Å². The normalized spacial score (nSPS) is 19.7. The van der Waals surface area contributed by atoms with E-state index < -0.39 is 22.1 Å². The Morgan fingerprint density at radius 3 is 2.18 bits per heavy atom. The molecule has 28 heavy (non-hydrogen) atoms. The summed E-state index contributed by atoms with van der Waals surface area (Å²) in [5.74, 6) is -0.475. The molecule has 0 atom stereocenters. The van der Waals surface area contributed by atoms with Gasteiger partial charge in [-0.3, -0.25) is 4.90 Å². The summed E-state index contributed by atoms with van der Waals surface area (Å²) in [6, 6.07) is 4.15. The van der Waals surface area contributed by atoms with Gasteiger partial charge in [0.1, 0.15) is 12.4 Å². The Balaban J connectivity index is 1.53. The average Bonchev–Trinajstić information content (AvgIpc) is 3.04. The highest BCUT2D eigenvalue weighted by atomic mass is 32.2. The number of alkyl halides is 3. The number of carbonyl (C=O) groups excluding carboxylic acids is 1. The lowest BCUT2D eigenvalue weighted by Crippen LogP contribution is -2.50. The zero-order valence-electron chi connectivity index (χ0n) is 14.9. The van der Waals surface area contributed by atoms with E-state index in [0.717, 1.165) is 24.3 Å². The first-order chi connectivity index (χ1) is 13.1. The summed E-state index contributed by atoms with van der Waals surface area (Å²) in [5, 5.41) is 0. The van der Waals surface area contributed by atoms with Crippen molar-refractivity contribution in [3.8, 4) is 5.75 Å². The van der Waals surface area contributed by atoms with E-state index in [1.54, 1.807) is 4.90 Å². The zero-order valence-corrected chi connectivity index (χ0v) is 15.7. The van der Waals surface area contributed by atoms with Crippen LogP contribution in [0.4, 0.5) is 18.0 Å². The lowest BCUT2D eigenvalue weighted by Gasteiger charge is -2.34. The quantitative estimate of drug-likeness (QED) is 0.687. The van der Waals surface area contributed by atoms with Gasteiger partial charge in [0.25, 0.3) is 0 Å². The Labute approximate surface area is 160 Å². The second kappa shape index (κ2) is 8.13. The van der Waals surface area contributed by atoms with Crippen LogP contribution in [-0.2, 0) is 14.8 Å². The standard InChI is InChI=1S/C16H20F3N3O5S/c17-16(18,19)27-13-1-3-14(4-2-13)28(24,25)22-9-6-20(7-10-22)5-8-21-11-12-26-15(21)23/h1-4H,5-12H2. The molecule has 0 bridgehead atoms. The summed E-state index contributed by atoms with van der Waals surface area (Å²) in [7, 11) is -3.80. The minimum atomic E-state index is -4.83. The van der Waals surface area contributed by atoms with Crippen LogP contribution in [0.2, 0.25) is 0 Å². The molecule has 156 valence electrons. The molecule has 0 aliphatic carbocycles. The maximum atomic E-state index is 12.7. The lowest BCUT2D eigenvalue weighted by molar-refractivity contribution is -0.274. The van der Waals surface area contributed by atoms with E-state index >= 15 is 0 Å². The van der Waals surface area contributed by atoms with Crippen molar-refractivity contribution < 1.29 is 35.9 Å². The molecular weight excluding hydrogens is 403 g/mol. The number of amides is 1. The van der Waals surface area contributed by atoms with Crippen LogP contribution in [0.15, 0.2) is 29.2 Å². The fourth-order valence-electron chi connectivity index (χ4n) is 3.05. The largest absolute Gasteiger partial charge is 0.573 e. The third kappa shape index (κ3) is 5.06. The second-order valence-electron chi connectivity index (χ2n) is 6.37. The van der Waals surface area contributed by atoms with Crippen molar-refractivity contribution in [1.82, 2.24) is 14.1 Å². The molecular formula is C16H20F3N3O5S. The van der Waals surface area contributed by atoms with Crippen molar-refractivity contribution in [2.75, 3.05) is 52.4 Å². The van der Waals surface area contributed by atoms with Gasteiger partial charge in [-0.15, -0.1) is 13.2 Å².